The molecule has 0 aromatic carbocycles. The molecule has 0 unspecified atom stereocenters. The molecule has 0 bridgehead atoms. The van der Waals surface area contributed by atoms with Crippen LogP contribution in [-0.4, -0.2) is 26.3 Å². The second-order valence-corrected chi connectivity index (χ2v) is 3.55. The average Bonchev–Trinajstić information content (AvgIpc) is 2.74. The number of aryl methyl sites for hydroxylation is 1. The van der Waals surface area contributed by atoms with Crippen molar-refractivity contribution >= 4 is 0 Å². The van der Waals surface area contributed by atoms with Gasteiger partial charge in [0.15, 0.2) is 5.82 Å². The molecular weight excluding hydrogens is 202 g/mol. The molecule has 16 heavy (non-hydrogen) atoms. The lowest BCUT2D eigenvalue weighted by Crippen LogP contribution is -2.14. The Balaban J connectivity index is 2.22. The van der Waals surface area contributed by atoms with Crippen molar-refractivity contribution in [1.82, 2.24) is 25.1 Å². The molecule has 0 saturated heterocycles. The number of rotatable bonds is 4. The van der Waals surface area contributed by atoms with E-state index in [1.54, 1.807) is 17.1 Å². The van der Waals surface area contributed by atoms with Crippen molar-refractivity contribution in [2.45, 2.75) is 20.4 Å². The maximum atomic E-state index is 4.47. The molecule has 5 heteroatoms. The first-order chi connectivity index (χ1) is 7.79. The number of hydrogen-bond acceptors (Lipinski definition) is 4. The van der Waals surface area contributed by atoms with Crippen molar-refractivity contribution in [3.8, 4) is 5.82 Å². The zero-order chi connectivity index (χ0) is 11.4. The smallest absolute Gasteiger partial charge is 0.172 e. The molecule has 2 heterocycles. The lowest BCUT2D eigenvalue weighted by molar-refractivity contribution is 0.699. The first-order valence-electron chi connectivity index (χ1n) is 5.34. The summed E-state index contributed by atoms with van der Waals surface area (Å²) in [6, 6.07) is 1.94. The first kappa shape index (κ1) is 10.8. The Morgan fingerprint density at radius 2 is 2.25 bits per heavy atom. The summed E-state index contributed by atoms with van der Waals surface area (Å²) >= 11 is 0. The molecule has 0 radical (unpaired) electrons. The molecule has 0 aliphatic carbocycles. The highest BCUT2D eigenvalue weighted by molar-refractivity contribution is 5.19. The fourth-order valence-corrected chi connectivity index (χ4v) is 1.39. The van der Waals surface area contributed by atoms with Crippen LogP contribution >= 0.6 is 0 Å². The molecule has 0 aliphatic heterocycles. The van der Waals surface area contributed by atoms with E-state index in [1.807, 2.05) is 19.2 Å². The largest absolute Gasteiger partial charge is 0.311 e. The van der Waals surface area contributed by atoms with Crippen molar-refractivity contribution in [2.75, 3.05) is 6.54 Å². The van der Waals surface area contributed by atoms with Crippen LogP contribution in [0.3, 0.4) is 0 Å². The minimum Gasteiger partial charge on any atom is -0.311 e. The molecule has 0 amide bonds. The van der Waals surface area contributed by atoms with E-state index in [0.29, 0.717) is 0 Å². The summed E-state index contributed by atoms with van der Waals surface area (Å²) in [5.41, 5.74) is 1.89. The number of aromatic nitrogens is 4. The first-order valence-corrected chi connectivity index (χ1v) is 5.34. The van der Waals surface area contributed by atoms with Crippen molar-refractivity contribution in [1.29, 1.82) is 0 Å². The fourth-order valence-electron chi connectivity index (χ4n) is 1.39. The van der Waals surface area contributed by atoms with Crippen molar-refractivity contribution in [3.05, 3.63) is 36.0 Å². The molecule has 2 aromatic rings. The van der Waals surface area contributed by atoms with Crippen LogP contribution in [0.4, 0.5) is 0 Å². The molecule has 0 spiro atoms. The van der Waals surface area contributed by atoms with Gasteiger partial charge in [0.1, 0.15) is 0 Å². The predicted molar refractivity (Wildman–Crippen MR) is 61.3 cm³/mol. The zero-order valence-corrected chi connectivity index (χ0v) is 9.51. The summed E-state index contributed by atoms with van der Waals surface area (Å²) in [6.07, 6.45) is 5.36. The summed E-state index contributed by atoms with van der Waals surface area (Å²) in [6.45, 7) is 5.67. The van der Waals surface area contributed by atoms with Gasteiger partial charge in [-0.2, -0.15) is 5.10 Å². The van der Waals surface area contributed by atoms with Gasteiger partial charge in [0.25, 0.3) is 0 Å². The van der Waals surface area contributed by atoms with Crippen LogP contribution in [0.25, 0.3) is 5.82 Å². The highest BCUT2D eigenvalue weighted by atomic mass is 15.3. The van der Waals surface area contributed by atoms with E-state index in [9.17, 15) is 0 Å². The van der Waals surface area contributed by atoms with Gasteiger partial charge in [-0.15, -0.1) is 0 Å². The van der Waals surface area contributed by atoms with Gasteiger partial charge in [-0.1, -0.05) is 6.92 Å². The van der Waals surface area contributed by atoms with Crippen molar-refractivity contribution in [2.24, 2.45) is 0 Å². The second kappa shape index (κ2) is 4.85. The number of hydrogen-bond donors (Lipinski definition) is 1. The molecule has 0 fully saturated rings. The van der Waals surface area contributed by atoms with E-state index in [0.717, 1.165) is 30.3 Å². The molecule has 2 aromatic heterocycles. The van der Waals surface area contributed by atoms with Crippen LogP contribution in [0.1, 0.15) is 18.3 Å². The highest BCUT2D eigenvalue weighted by Crippen LogP contribution is 2.03. The zero-order valence-electron chi connectivity index (χ0n) is 9.51. The average molecular weight is 217 g/mol. The molecule has 2 rings (SSSR count). The van der Waals surface area contributed by atoms with Crippen LogP contribution < -0.4 is 5.32 Å². The molecule has 84 valence electrons. The van der Waals surface area contributed by atoms with Gasteiger partial charge < -0.3 is 5.32 Å². The standard InChI is InChI=1S/C11H15N5/c1-3-12-6-10-7-13-8-11(14-10)16-5-4-9(2)15-16/h4-5,7-8,12H,3,6H2,1-2H3. The van der Waals surface area contributed by atoms with E-state index in [2.05, 4.69) is 27.3 Å². The molecule has 0 atom stereocenters. The second-order valence-electron chi connectivity index (χ2n) is 3.55. The van der Waals surface area contributed by atoms with Gasteiger partial charge in [0.05, 0.1) is 17.6 Å². The quantitative estimate of drug-likeness (QED) is 0.832. The van der Waals surface area contributed by atoms with Gasteiger partial charge in [-0.05, 0) is 19.5 Å². The van der Waals surface area contributed by atoms with Crippen LogP contribution in [0.2, 0.25) is 0 Å². The predicted octanol–water partition coefficient (Wildman–Crippen LogP) is 1.08. The third-order valence-electron chi connectivity index (χ3n) is 2.18. The Morgan fingerprint density at radius 1 is 1.38 bits per heavy atom. The summed E-state index contributed by atoms with van der Waals surface area (Å²) < 4.78 is 1.73. The van der Waals surface area contributed by atoms with Gasteiger partial charge in [-0.25, -0.2) is 9.67 Å². The van der Waals surface area contributed by atoms with E-state index >= 15 is 0 Å². The highest BCUT2D eigenvalue weighted by Gasteiger charge is 2.01. The van der Waals surface area contributed by atoms with E-state index in [-0.39, 0.29) is 0 Å². The van der Waals surface area contributed by atoms with Gasteiger partial charge in [-0.3, -0.25) is 4.98 Å². The molecular formula is C11H15N5. The van der Waals surface area contributed by atoms with Gasteiger partial charge in [0, 0.05) is 18.9 Å². The van der Waals surface area contributed by atoms with Gasteiger partial charge >= 0.3 is 0 Å². The Morgan fingerprint density at radius 3 is 2.94 bits per heavy atom. The maximum Gasteiger partial charge on any atom is 0.172 e. The lowest BCUT2D eigenvalue weighted by Gasteiger charge is -2.03. The SMILES string of the molecule is CCNCc1cncc(-n2ccc(C)n2)n1. The lowest BCUT2D eigenvalue weighted by atomic mass is 10.4. The van der Waals surface area contributed by atoms with E-state index in [4.69, 9.17) is 0 Å². The summed E-state index contributed by atoms with van der Waals surface area (Å²) in [5.74, 6) is 0.753. The fraction of sp³-hybridized carbons (Fsp3) is 0.364. The Labute approximate surface area is 94.5 Å². The van der Waals surface area contributed by atoms with Crippen LogP contribution in [0, 0.1) is 6.92 Å². The van der Waals surface area contributed by atoms with E-state index in [1.165, 1.54) is 0 Å². The third kappa shape index (κ3) is 2.43. The topological polar surface area (TPSA) is 55.6 Å². The minimum atomic E-state index is 0.734. The van der Waals surface area contributed by atoms with Crippen LogP contribution in [-0.2, 0) is 6.54 Å². The monoisotopic (exact) mass is 217 g/mol. The molecule has 1 N–H and O–H groups in total. The maximum absolute atomic E-state index is 4.47. The molecule has 5 nitrogen and oxygen atoms in total. The molecule has 0 aliphatic rings. The summed E-state index contributed by atoms with van der Waals surface area (Å²) in [5, 5.41) is 7.51. The van der Waals surface area contributed by atoms with Crippen molar-refractivity contribution in [3.63, 3.8) is 0 Å². The Hall–Kier alpha value is -1.75. The Bertz CT molecular complexity index is 463. The summed E-state index contributed by atoms with van der Waals surface area (Å²) in [7, 11) is 0. The van der Waals surface area contributed by atoms with Crippen LogP contribution in [0.15, 0.2) is 24.7 Å². The minimum absolute atomic E-state index is 0.734. The molecule has 0 saturated carbocycles. The van der Waals surface area contributed by atoms with Gasteiger partial charge in [0.2, 0.25) is 0 Å². The van der Waals surface area contributed by atoms with Crippen molar-refractivity contribution < 1.29 is 0 Å². The number of nitrogens with zero attached hydrogens (tertiary/aromatic N) is 4. The Kier molecular flexibility index (Phi) is 3.26. The van der Waals surface area contributed by atoms with E-state index < -0.39 is 0 Å². The number of nitrogens with one attached hydrogen (secondary N) is 1. The van der Waals surface area contributed by atoms with Crippen LogP contribution in [0.5, 0.6) is 0 Å². The third-order valence-corrected chi connectivity index (χ3v) is 2.18. The summed E-state index contributed by atoms with van der Waals surface area (Å²) in [4.78, 5) is 8.63. The normalized spacial score (nSPS) is 10.6.